The average molecular weight is 237 g/mol. The van der Waals surface area contributed by atoms with Crippen molar-refractivity contribution >= 4 is 16.6 Å². The Hall–Kier alpha value is -1.75. The summed E-state index contributed by atoms with van der Waals surface area (Å²) in [5, 5.41) is 0.807. The molecule has 0 aliphatic heterocycles. The Labute approximate surface area is 97.6 Å². The van der Waals surface area contributed by atoms with Crippen LogP contribution in [0.1, 0.15) is 24.6 Å². The first-order chi connectivity index (χ1) is 8.15. The van der Waals surface area contributed by atoms with Gasteiger partial charge in [0.1, 0.15) is 5.69 Å². The van der Waals surface area contributed by atoms with E-state index < -0.39 is 6.43 Å². The van der Waals surface area contributed by atoms with Gasteiger partial charge < -0.3 is 5.43 Å². The third-order valence-corrected chi connectivity index (χ3v) is 2.68. The number of hydrazine groups is 1. The van der Waals surface area contributed by atoms with Gasteiger partial charge >= 0.3 is 0 Å². The highest BCUT2D eigenvalue weighted by Gasteiger charge is 2.15. The van der Waals surface area contributed by atoms with Crippen molar-refractivity contribution in [3.8, 4) is 0 Å². The SMILES string of the molecule is CCc1ccc2nc(C(F)F)c(NN)cc2c1. The molecular formula is C12H13F2N3. The fourth-order valence-electron chi connectivity index (χ4n) is 1.74. The predicted octanol–water partition coefficient (Wildman–Crippen LogP) is 3.02. The van der Waals surface area contributed by atoms with Crippen LogP contribution in [0.25, 0.3) is 10.9 Å². The van der Waals surface area contributed by atoms with Gasteiger partial charge in [0.25, 0.3) is 6.43 Å². The van der Waals surface area contributed by atoms with Crippen molar-refractivity contribution in [3.05, 3.63) is 35.5 Å². The summed E-state index contributed by atoms with van der Waals surface area (Å²) >= 11 is 0. The minimum absolute atomic E-state index is 0.167. The molecule has 0 saturated carbocycles. The molecule has 0 saturated heterocycles. The average Bonchev–Trinajstić information content (AvgIpc) is 2.36. The summed E-state index contributed by atoms with van der Waals surface area (Å²) in [5.74, 6) is 5.23. The lowest BCUT2D eigenvalue weighted by Crippen LogP contribution is -2.10. The number of benzene rings is 1. The van der Waals surface area contributed by atoms with Crippen molar-refractivity contribution in [1.82, 2.24) is 4.98 Å². The highest BCUT2D eigenvalue weighted by atomic mass is 19.3. The minimum atomic E-state index is -2.64. The zero-order valence-electron chi connectivity index (χ0n) is 9.37. The number of aromatic nitrogens is 1. The summed E-state index contributed by atoms with van der Waals surface area (Å²) in [6, 6.07) is 7.17. The number of nitrogens with two attached hydrogens (primary N) is 1. The molecule has 0 radical (unpaired) electrons. The van der Waals surface area contributed by atoms with Gasteiger partial charge in [-0.1, -0.05) is 13.0 Å². The number of nitrogens with zero attached hydrogens (tertiary/aromatic N) is 1. The lowest BCUT2D eigenvalue weighted by Gasteiger charge is -2.09. The van der Waals surface area contributed by atoms with Crippen molar-refractivity contribution in [2.24, 2.45) is 5.84 Å². The number of rotatable bonds is 3. The second-order valence-electron chi connectivity index (χ2n) is 3.75. The summed E-state index contributed by atoms with van der Waals surface area (Å²) in [7, 11) is 0. The molecule has 2 aromatic rings. The number of hydrogen-bond donors (Lipinski definition) is 2. The van der Waals surface area contributed by atoms with Crippen molar-refractivity contribution < 1.29 is 8.78 Å². The summed E-state index contributed by atoms with van der Waals surface area (Å²) < 4.78 is 25.5. The molecule has 0 fully saturated rings. The number of alkyl halides is 2. The fraction of sp³-hybridized carbons (Fsp3) is 0.250. The molecule has 3 N–H and O–H groups in total. The molecule has 2 rings (SSSR count). The smallest absolute Gasteiger partial charge is 0.282 e. The summed E-state index contributed by atoms with van der Waals surface area (Å²) in [6.07, 6.45) is -1.76. The van der Waals surface area contributed by atoms with Crippen molar-refractivity contribution in [2.75, 3.05) is 5.43 Å². The van der Waals surface area contributed by atoms with Crippen LogP contribution in [0.2, 0.25) is 0 Å². The molecule has 17 heavy (non-hydrogen) atoms. The van der Waals surface area contributed by atoms with Gasteiger partial charge in [-0.15, -0.1) is 0 Å². The lowest BCUT2D eigenvalue weighted by atomic mass is 10.1. The van der Waals surface area contributed by atoms with E-state index in [1.54, 1.807) is 12.1 Å². The first-order valence-corrected chi connectivity index (χ1v) is 5.34. The van der Waals surface area contributed by atoms with Gasteiger partial charge in [-0.3, -0.25) is 5.84 Å². The number of nitrogens with one attached hydrogen (secondary N) is 1. The monoisotopic (exact) mass is 237 g/mol. The zero-order chi connectivity index (χ0) is 12.4. The maximum Gasteiger partial charge on any atom is 0.282 e. The number of halogens is 2. The van der Waals surface area contributed by atoms with E-state index in [0.717, 1.165) is 17.4 Å². The van der Waals surface area contributed by atoms with Crippen LogP contribution in [0.15, 0.2) is 24.3 Å². The molecule has 3 nitrogen and oxygen atoms in total. The normalized spacial score (nSPS) is 11.1. The lowest BCUT2D eigenvalue weighted by molar-refractivity contribution is 0.147. The van der Waals surface area contributed by atoms with Crippen LogP contribution in [-0.4, -0.2) is 4.98 Å². The van der Waals surface area contributed by atoms with Gasteiger partial charge in [-0.05, 0) is 30.2 Å². The standard InChI is InChI=1S/C12H13F2N3/c1-2-7-3-4-9-8(5-7)6-10(17-15)11(16-9)12(13)14/h3-6,12,17H,2,15H2,1H3. The summed E-state index contributed by atoms with van der Waals surface area (Å²) in [4.78, 5) is 3.93. The number of aryl methyl sites for hydroxylation is 1. The van der Waals surface area contributed by atoms with Crippen LogP contribution in [0.4, 0.5) is 14.5 Å². The molecule has 0 aliphatic carbocycles. The van der Waals surface area contributed by atoms with Gasteiger partial charge in [0, 0.05) is 5.39 Å². The third kappa shape index (κ3) is 2.19. The van der Waals surface area contributed by atoms with Crippen LogP contribution in [0.5, 0.6) is 0 Å². The molecule has 1 aromatic heterocycles. The van der Waals surface area contributed by atoms with Crippen LogP contribution in [0, 0.1) is 0 Å². The Morgan fingerprint density at radius 3 is 2.71 bits per heavy atom. The fourth-order valence-corrected chi connectivity index (χ4v) is 1.74. The Morgan fingerprint density at radius 2 is 2.12 bits per heavy atom. The number of pyridine rings is 1. The molecule has 0 amide bonds. The summed E-state index contributed by atoms with van der Waals surface area (Å²) in [5.41, 5.74) is 3.80. The zero-order valence-corrected chi connectivity index (χ0v) is 9.37. The van der Waals surface area contributed by atoms with E-state index in [0.29, 0.717) is 5.52 Å². The van der Waals surface area contributed by atoms with Crippen molar-refractivity contribution in [1.29, 1.82) is 0 Å². The Balaban J connectivity index is 2.65. The van der Waals surface area contributed by atoms with Gasteiger partial charge in [-0.25, -0.2) is 13.8 Å². The third-order valence-electron chi connectivity index (χ3n) is 2.68. The van der Waals surface area contributed by atoms with Gasteiger partial charge in [0.2, 0.25) is 0 Å². The van der Waals surface area contributed by atoms with Crippen LogP contribution in [0.3, 0.4) is 0 Å². The Morgan fingerprint density at radius 1 is 1.35 bits per heavy atom. The van der Waals surface area contributed by atoms with Gasteiger partial charge in [0.15, 0.2) is 0 Å². The van der Waals surface area contributed by atoms with Gasteiger partial charge in [0.05, 0.1) is 11.2 Å². The molecule has 0 spiro atoms. The van der Waals surface area contributed by atoms with Gasteiger partial charge in [-0.2, -0.15) is 0 Å². The molecular weight excluding hydrogens is 224 g/mol. The van der Waals surface area contributed by atoms with E-state index in [4.69, 9.17) is 5.84 Å². The maximum atomic E-state index is 12.7. The van der Waals surface area contributed by atoms with E-state index in [-0.39, 0.29) is 11.4 Å². The molecule has 0 aliphatic rings. The van der Waals surface area contributed by atoms with Crippen molar-refractivity contribution in [2.45, 2.75) is 19.8 Å². The largest absolute Gasteiger partial charge is 0.322 e. The van der Waals surface area contributed by atoms with Crippen molar-refractivity contribution in [3.63, 3.8) is 0 Å². The predicted molar refractivity (Wildman–Crippen MR) is 63.9 cm³/mol. The summed E-state index contributed by atoms with van der Waals surface area (Å²) in [6.45, 7) is 2.03. The van der Waals surface area contributed by atoms with Crippen LogP contribution >= 0.6 is 0 Å². The number of anilines is 1. The molecule has 1 aromatic carbocycles. The topological polar surface area (TPSA) is 50.9 Å². The highest BCUT2D eigenvalue weighted by molar-refractivity contribution is 5.83. The van der Waals surface area contributed by atoms with E-state index in [9.17, 15) is 8.78 Å². The quantitative estimate of drug-likeness (QED) is 0.637. The number of fused-ring (bicyclic) bond motifs is 1. The van der Waals surface area contributed by atoms with E-state index in [1.165, 1.54) is 0 Å². The number of nitrogen functional groups attached to an aromatic ring is 1. The first-order valence-electron chi connectivity index (χ1n) is 5.34. The molecule has 1 heterocycles. The Kier molecular flexibility index (Phi) is 3.19. The molecule has 90 valence electrons. The van der Waals surface area contributed by atoms with E-state index >= 15 is 0 Å². The minimum Gasteiger partial charge on any atom is -0.322 e. The van der Waals surface area contributed by atoms with Crippen LogP contribution < -0.4 is 11.3 Å². The van der Waals surface area contributed by atoms with E-state index in [1.807, 2.05) is 19.1 Å². The van der Waals surface area contributed by atoms with Crippen LogP contribution in [-0.2, 0) is 6.42 Å². The molecule has 0 bridgehead atoms. The molecule has 0 unspecified atom stereocenters. The molecule has 0 atom stereocenters. The maximum absolute atomic E-state index is 12.7. The number of hydrogen-bond acceptors (Lipinski definition) is 3. The Bertz CT molecular complexity index is 541. The van der Waals surface area contributed by atoms with E-state index in [2.05, 4.69) is 10.4 Å². The highest BCUT2D eigenvalue weighted by Crippen LogP contribution is 2.28. The molecule has 5 heteroatoms. The first kappa shape index (κ1) is 11.7. The second-order valence-corrected chi connectivity index (χ2v) is 3.75. The second kappa shape index (κ2) is 4.63.